The predicted molar refractivity (Wildman–Crippen MR) is 47.0 cm³/mol. The zero-order valence-corrected chi connectivity index (χ0v) is 7.92. The number of hydrogen-bond donors (Lipinski definition) is 0. The molecule has 0 aromatic rings. The summed E-state index contributed by atoms with van der Waals surface area (Å²) in [5.41, 5.74) is 0. The lowest BCUT2D eigenvalue weighted by Crippen LogP contribution is -2.43. The van der Waals surface area contributed by atoms with Gasteiger partial charge in [0, 0.05) is 19.2 Å². The molecule has 0 radical (unpaired) electrons. The van der Waals surface area contributed by atoms with Gasteiger partial charge in [0.2, 0.25) is 0 Å². The van der Waals surface area contributed by atoms with Crippen LogP contribution in [0.4, 0.5) is 4.39 Å². The average molecular weight is 175 g/mol. The predicted octanol–water partition coefficient (Wildman–Crippen LogP) is 1.46. The SMILES string of the molecule is CCOCC1CC(F)CCN1C. The lowest BCUT2D eigenvalue weighted by Gasteiger charge is -2.33. The first-order chi connectivity index (χ1) is 5.74. The highest BCUT2D eigenvalue weighted by molar-refractivity contribution is 4.79. The summed E-state index contributed by atoms with van der Waals surface area (Å²) in [7, 11) is 2.04. The minimum absolute atomic E-state index is 0.286. The van der Waals surface area contributed by atoms with E-state index in [2.05, 4.69) is 4.90 Å². The highest BCUT2D eigenvalue weighted by atomic mass is 19.1. The first-order valence-corrected chi connectivity index (χ1v) is 4.66. The van der Waals surface area contributed by atoms with Crippen LogP contribution in [0.2, 0.25) is 0 Å². The molecule has 0 aromatic carbocycles. The smallest absolute Gasteiger partial charge is 0.103 e. The highest BCUT2D eigenvalue weighted by Gasteiger charge is 2.25. The molecule has 1 aliphatic rings. The Bertz CT molecular complexity index is 132. The van der Waals surface area contributed by atoms with Crippen LogP contribution >= 0.6 is 0 Å². The third kappa shape index (κ3) is 2.72. The second-order valence-corrected chi connectivity index (χ2v) is 3.42. The summed E-state index contributed by atoms with van der Waals surface area (Å²) in [6, 6.07) is 0.286. The first-order valence-electron chi connectivity index (χ1n) is 4.66. The minimum Gasteiger partial charge on any atom is -0.380 e. The summed E-state index contributed by atoms with van der Waals surface area (Å²) in [6.45, 7) is 4.23. The van der Waals surface area contributed by atoms with E-state index in [1.807, 2.05) is 14.0 Å². The molecule has 1 saturated heterocycles. The van der Waals surface area contributed by atoms with Gasteiger partial charge in [-0.25, -0.2) is 4.39 Å². The zero-order valence-electron chi connectivity index (χ0n) is 7.92. The molecule has 0 N–H and O–H groups in total. The fourth-order valence-corrected chi connectivity index (χ4v) is 1.57. The maximum absolute atomic E-state index is 13.0. The van der Waals surface area contributed by atoms with Crippen LogP contribution in [-0.2, 0) is 4.74 Å². The number of ether oxygens (including phenoxy) is 1. The summed E-state index contributed by atoms with van der Waals surface area (Å²) in [6.07, 6.45) is 0.696. The van der Waals surface area contributed by atoms with Crippen molar-refractivity contribution in [2.45, 2.75) is 32.0 Å². The van der Waals surface area contributed by atoms with E-state index in [0.29, 0.717) is 19.4 Å². The van der Waals surface area contributed by atoms with Crippen LogP contribution in [0.5, 0.6) is 0 Å². The van der Waals surface area contributed by atoms with E-state index in [-0.39, 0.29) is 6.04 Å². The molecule has 1 aliphatic heterocycles. The Morgan fingerprint density at radius 3 is 3.00 bits per heavy atom. The van der Waals surface area contributed by atoms with Crippen LogP contribution in [-0.4, -0.2) is 43.9 Å². The molecule has 2 unspecified atom stereocenters. The van der Waals surface area contributed by atoms with E-state index in [4.69, 9.17) is 4.74 Å². The van der Waals surface area contributed by atoms with Crippen molar-refractivity contribution in [2.24, 2.45) is 0 Å². The van der Waals surface area contributed by atoms with Gasteiger partial charge in [0.1, 0.15) is 6.17 Å². The molecule has 0 amide bonds. The quantitative estimate of drug-likeness (QED) is 0.644. The van der Waals surface area contributed by atoms with Crippen LogP contribution in [0.25, 0.3) is 0 Å². The molecule has 3 heteroatoms. The van der Waals surface area contributed by atoms with Gasteiger partial charge in [0.05, 0.1) is 6.61 Å². The Kier molecular flexibility index (Phi) is 3.95. The molecule has 72 valence electrons. The van der Waals surface area contributed by atoms with Gasteiger partial charge < -0.3 is 9.64 Å². The van der Waals surface area contributed by atoms with Gasteiger partial charge in [-0.1, -0.05) is 0 Å². The highest BCUT2D eigenvalue weighted by Crippen LogP contribution is 2.18. The van der Waals surface area contributed by atoms with Gasteiger partial charge in [-0.2, -0.15) is 0 Å². The van der Waals surface area contributed by atoms with Crippen molar-refractivity contribution in [3.05, 3.63) is 0 Å². The van der Waals surface area contributed by atoms with E-state index in [0.717, 1.165) is 13.2 Å². The molecule has 0 saturated carbocycles. The molecular formula is C9H18FNO. The molecule has 1 fully saturated rings. The average Bonchev–Trinajstić information content (AvgIpc) is 2.07. The molecular weight excluding hydrogens is 157 g/mol. The second-order valence-electron chi connectivity index (χ2n) is 3.42. The van der Waals surface area contributed by atoms with Gasteiger partial charge in [0.15, 0.2) is 0 Å². The van der Waals surface area contributed by atoms with Gasteiger partial charge in [-0.15, -0.1) is 0 Å². The lowest BCUT2D eigenvalue weighted by atomic mass is 10.0. The Balaban J connectivity index is 2.28. The molecule has 0 bridgehead atoms. The van der Waals surface area contributed by atoms with E-state index in [1.165, 1.54) is 0 Å². The minimum atomic E-state index is -0.619. The Morgan fingerprint density at radius 2 is 2.33 bits per heavy atom. The molecule has 1 heterocycles. The summed E-state index contributed by atoms with van der Waals surface area (Å²) < 4.78 is 18.2. The van der Waals surface area contributed by atoms with Gasteiger partial charge in [-0.3, -0.25) is 0 Å². The van der Waals surface area contributed by atoms with Crippen LogP contribution in [0.15, 0.2) is 0 Å². The van der Waals surface area contributed by atoms with Crippen molar-refractivity contribution in [1.82, 2.24) is 4.90 Å². The maximum atomic E-state index is 13.0. The van der Waals surface area contributed by atoms with Crippen LogP contribution in [0.1, 0.15) is 19.8 Å². The van der Waals surface area contributed by atoms with Crippen LogP contribution < -0.4 is 0 Å². The van der Waals surface area contributed by atoms with Crippen LogP contribution in [0, 0.1) is 0 Å². The Hall–Kier alpha value is -0.150. The van der Waals surface area contributed by atoms with Crippen molar-refractivity contribution < 1.29 is 9.13 Å². The topological polar surface area (TPSA) is 12.5 Å². The Labute approximate surface area is 73.7 Å². The largest absolute Gasteiger partial charge is 0.380 e. The van der Waals surface area contributed by atoms with Crippen molar-refractivity contribution in [2.75, 3.05) is 26.8 Å². The Morgan fingerprint density at radius 1 is 1.58 bits per heavy atom. The molecule has 0 aromatic heterocycles. The van der Waals surface area contributed by atoms with E-state index < -0.39 is 6.17 Å². The number of nitrogens with zero attached hydrogens (tertiary/aromatic N) is 1. The molecule has 0 spiro atoms. The summed E-state index contributed by atoms with van der Waals surface area (Å²) in [5.74, 6) is 0. The third-order valence-corrected chi connectivity index (χ3v) is 2.46. The summed E-state index contributed by atoms with van der Waals surface area (Å²) >= 11 is 0. The summed E-state index contributed by atoms with van der Waals surface area (Å²) in [4.78, 5) is 2.19. The van der Waals surface area contributed by atoms with Gasteiger partial charge >= 0.3 is 0 Å². The van der Waals surface area contributed by atoms with Gasteiger partial charge in [0.25, 0.3) is 0 Å². The number of alkyl halides is 1. The molecule has 2 nitrogen and oxygen atoms in total. The van der Waals surface area contributed by atoms with Gasteiger partial charge in [-0.05, 0) is 26.8 Å². The van der Waals surface area contributed by atoms with Crippen molar-refractivity contribution in [3.8, 4) is 0 Å². The normalized spacial score (nSPS) is 32.2. The number of hydrogen-bond acceptors (Lipinski definition) is 2. The zero-order chi connectivity index (χ0) is 8.97. The molecule has 0 aliphatic carbocycles. The number of halogens is 1. The van der Waals surface area contributed by atoms with E-state index in [1.54, 1.807) is 0 Å². The van der Waals surface area contributed by atoms with Crippen molar-refractivity contribution in [1.29, 1.82) is 0 Å². The first kappa shape index (κ1) is 9.93. The summed E-state index contributed by atoms with van der Waals surface area (Å²) in [5, 5.41) is 0. The molecule has 2 atom stereocenters. The number of piperidine rings is 1. The second kappa shape index (κ2) is 4.77. The lowest BCUT2D eigenvalue weighted by molar-refractivity contribution is 0.0347. The van der Waals surface area contributed by atoms with Crippen molar-refractivity contribution in [3.63, 3.8) is 0 Å². The third-order valence-electron chi connectivity index (χ3n) is 2.46. The van der Waals surface area contributed by atoms with Crippen LogP contribution in [0.3, 0.4) is 0 Å². The number of rotatable bonds is 3. The van der Waals surface area contributed by atoms with Crippen molar-refractivity contribution >= 4 is 0 Å². The molecule has 1 rings (SSSR count). The van der Waals surface area contributed by atoms with E-state index in [9.17, 15) is 4.39 Å². The standard InChI is InChI=1S/C9H18FNO/c1-3-12-7-9-6-8(10)4-5-11(9)2/h8-9H,3-7H2,1-2H3. The molecule has 12 heavy (non-hydrogen) atoms. The maximum Gasteiger partial charge on any atom is 0.103 e. The monoisotopic (exact) mass is 175 g/mol. The fourth-order valence-electron chi connectivity index (χ4n) is 1.57. The number of likely N-dealkylation sites (tertiary alicyclic amines) is 1. The fraction of sp³-hybridized carbons (Fsp3) is 1.00. The number of likely N-dealkylation sites (N-methyl/N-ethyl adjacent to an activating group) is 1. The van der Waals surface area contributed by atoms with E-state index >= 15 is 0 Å².